The first-order chi connectivity index (χ1) is 14.0. The minimum Gasteiger partial charge on any atom is -0.492 e. The molecule has 1 saturated carbocycles. The van der Waals surface area contributed by atoms with E-state index in [9.17, 15) is 10.2 Å². The average molecular weight is 396 g/mol. The lowest BCUT2D eigenvalue weighted by Crippen LogP contribution is -2.36. The van der Waals surface area contributed by atoms with Crippen LogP contribution in [-0.4, -0.2) is 55.7 Å². The van der Waals surface area contributed by atoms with Crippen molar-refractivity contribution in [3.05, 3.63) is 48.0 Å². The molecular formula is C21H24N4O4. The Kier molecular flexibility index (Phi) is 4.42. The summed E-state index contributed by atoms with van der Waals surface area (Å²) in [7, 11) is 0. The maximum Gasteiger partial charge on any atom is 0.143 e. The molecule has 1 aliphatic carbocycles. The molecule has 4 N–H and O–H groups in total. The molecule has 2 aliphatic rings. The molecule has 5 atom stereocenters. The number of aliphatic hydroxyl groups is 2. The van der Waals surface area contributed by atoms with Gasteiger partial charge in [-0.2, -0.15) is 0 Å². The SMILES string of the molecule is Cc1ncnc2c1ccn2[C@@H]1C[C@H](Oc2cccc3c2CC(N)CO3)[C@@H](O)[C@H]1O. The number of rotatable bonds is 3. The standard InChI is InChI=1S/C21H24N4O4/c1-11-13-5-6-25(21(13)24-10-23-11)15-8-18(20(27)19(15)26)29-17-4-2-3-16-14(17)7-12(22)9-28-16/h2-6,10,12,15,18-20,26-27H,7-9,22H2,1H3/t12?,15-,18+,19+,20-/m1/s1. The molecular weight excluding hydrogens is 372 g/mol. The molecule has 5 rings (SSSR count). The van der Waals surface area contributed by atoms with Crippen molar-refractivity contribution in [2.75, 3.05) is 6.61 Å². The molecule has 1 aromatic carbocycles. The maximum absolute atomic E-state index is 10.7. The lowest BCUT2D eigenvalue weighted by molar-refractivity contribution is -0.0167. The predicted molar refractivity (Wildman–Crippen MR) is 106 cm³/mol. The highest BCUT2D eigenvalue weighted by molar-refractivity contribution is 5.78. The Morgan fingerprint density at radius 3 is 2.93 bits per heavy atom. The lowest BCUT2D eigenvalue weighted by Gasteiger charge is -2.26. The van der Waals surface area contributed by atoms with E-state index in [1.807, 2.05) is 42.0 Å². The third kappa shape index (κ3) is 3.04. The summed E-state index contributed by atoms with van der Waals surface area (Å²) in [5.41, 5.74) is 8.57. The summed E-state index contributed by atoms with van der Waals surface area (Å²) in [6.45, 7) is 2.40. The minimum atomic E-state index is -1.02. The van der Waals surface area contributed by atoms with Crippen LogP contribution in [0.1, 0.15) is 23.7 Å². The van der Waals surface area contributed by atoms with Crippen molar-refractivity contribution in [2.24, 2.45) is 5.73 Å². The monoisotopic (exact) mass is 396 g/mol. The Morgan fingerprint density at radius 2 is 2.07 bits per heavy atom. The average Bonchev–Trinajstić information content (AvgIpc) is 3.26. The van der Waals surface area contributed by atoms with Crippen LogP contribution in [0.5, 0.6) is 11.5 Å². The number of nitrogens with two attached hydrogens (primary N) is 1. The van der Waals surface area contributed by atoms with E-state index < -0.39 is 18.3 Å². The van der Waals surface area contributed by atoms with E-state index in [-0.39, 0.29) is 12.1 Å². The third-order valence-corrected chi connectivity index (χ3v) is 5.95. The van der Waals surface area contributed by atoms with Gasteiger partial charge in [0.05, 0.1) is 11.7 Å². The van der Waals surface area contributed by atoms with Gasteiger partial charge in [-0.1, -0.05) is 6.07 Å². The highest BCUT2D eigenvalue weighted by Gasteiger charge is 2.44. The fraction of sp³-hybridized carbons (Fsp3) is 0.429. The van der Waals surface area contributed by atoms with E-state index in [0.717, 1.165) is 28.0 Å². The minimum absolute atomic E-state index is 0.0896. The summed E-state index contributed by atoms with van der Waals surface area (Å²) in [5, 5.41) is 22.4. The Bertz CT molecular complexity index is 1050. The molecule has 8 nitrogen and oxygen atoms in total. The molecule has 1 unspecified atom stereocenters. The van der Waals surface area contributed by atoms with Crippen molar-refractivity contribution in [3.8, 4) is 11.5 Å². The van der Waals surface area contributed by atoms with Crippen LogP contribution < -0.4 is 15.2 Å². The number of fused-ring (bicyclic) bond motifs is 2. The van der Waals surface area contributed by atoms with Crippen molar-refractivity contribution >= 4 is 11.0 Å². The molecule has 2 aromatic heterocycles. The Morgan fingerprint density at radius 1 is 1.21 bits per heavy atom. The summed E-state index contributed by atoms with van der Waals surface area (Å²) < 4.78 is 13.8. The molecule has 0 amide bonds. The fourth-order valence-corrected chi connectivity index (χ4v) is 4.40. The van der Waals surface area contributed by atoms with Gasteiger partial charge in [0.25, 0.3) is 0 Å². The number of hydrogen-bond acceptors (Lipinski definition) is 7. The Hall–Kier alpha value is -2.68. The summed E-state index contributed by atoms with van der Waals surface area (Å²) in [4.78, 5) is 8.58. The van der Waals surface area contributed by atoms with Gasteiger partial charge in [0.2, 0.25) is 0 Å². The molecule has 0 radical (unpaired) electrons. The number of aliphatic hydroxyl groups excluding tert-OH is 2. The van der Waals surface area contributed by atoms with Crippen LogP contribution in [0.4, 0.5) is 0 Å². The number of nitrogens with zero attached hydrogens (tertiary/aromatic N) is 3. The van der Waals surface area contributed by atoms with Gasteiger partial charge >= 0.3 is 0 Å². The summed E-state index contributed by atoms with van der Waals surface area (Å²) in [6.07, 6.45) is 1.95. The molecule has 0 spiro atoms. The van der Waals surface area contributed by atoms with E-state index in [0.29, 0.717) is 25.2 Å². The van der Waals surface area contributed by atoms with Crippen LogP contribution in [0, 0.1) is 6.92 Å². The number of aromatic nitrogens is 3. The molecule has 0 bridgehead atoms. The zero-order valence-electron chi connectivity index (χ0n) is 16.1. The first-order valence-electron chi connectivity index (χ1n) is 9.84. The first-order valence-corrected chi connectivity index (χ1v) is 9.84. The Balaban J connectivity index is 1.43. The number of hydrogen-bond donors (Lipinski definition) is 3. The van der Waals surface area contributed by atoms with Crippen LogP contribution in [0.15, 0.2) is 36.8 Å². The topological polar surface area (TPSA) is 116 Å². The van der Waals surface area contributed by atoms with Crippen molar-refractivity contribution in [1.29, 1.82) is 0 Å². The van der Waals surface area contributed by atoms with Crippen molar-refractivity contribution < 1.29 is 19.7 Å². The lowest BCUT2D eigenvalue weighted by atomic mass is 10.0. The Labute approximate surface area is 167 Å². The quantitative estimate of drug-likeness (QED) is 0.607. The second kappa shape index (κ2) is 6.98. The summed E-state index contributed by atoms with van der Waals surface area (Å²) >= 11 is 0. The molecule has 1 fully saturated rings. The van der Waals surface area contributed by atoms with Gasteiger partial charge in [-0.3, -0.25) is 0 Å². The van der Waals surface area contributed by atoms with Gasteiger partial charge in [0.1, 0.15) is 48.4 Å². The van der Waals surface area contributed by atoms with Gasteiger partial charge in [0, 0.05) is 29.6 Å². The first kappa shape index (κ1) is 18.4. The molecule has 0 saturated heterocycles. The normalized spacial score (nSPS) is 28.9. The van der Waals surface area contributed by atoms with Crippen LogP contribution in [0.3, 0.4) is 0 Å². The maximum atomic E-state index is 10.7. The number of benzene rings is 1. The summed E-state index contributed by atoms with van der Waals surface area (Å²) in [5.74, 6) is 1.41. The van der Waals surface area contributed by atoms with Crippen LogP contribution >= 0.6 is 0 Å². The highest BCUT2D eigenvalue weighted by Crippen LogP contribution is 2.39. The van der Waals surface area contributed by atoms with Gasteiger partial charge in [-0.15, -0.1) is 0 Å². The molecule has 3 heterocycles. The predicted octanol–water partition coefficient (Wildman–Crippen LogP) is 1.12. The van der Waals surface area contributed by atoms with Crippen molar-refractivity contribution in [3.63, 3.8) is 0 Å². The zero-order chi connectivity index (χ0) is 20.1. The molecule has 29 heavy (non-hydrogen) atoms. The van der Waals surface area contributed by atoms with Gasteiger partial charge < -0.3 is 30.0 Å². The van der Waals surface area contributed by atoms with Crippen LogP contribution in [-0.2, 0) is 6.42 Å². The van der Waals surface area contributed by atoms with Crippen LogP contribution in [0.25, 0.3) is 11.0 Å². The van der Waals surface area contributed by atoms with E-state index in [2.05, 4.69) is 9.97 Å². The highest BCUT2D eigenvalue weighted by atomic mass is 16.5. The second-order valence-corrected chi connectivity index (χ2v) is 7.87. The second-order valence-electron chi connectivity index (χ2n) is 7.87. The molecule has 152 valence electrons. The fourth-order valence-electron chi connectivity index (χ4n) is 4.40. The van der Waals surface area contributed by atoms with Crippen LogP contribution in [0.2, 0.25) is 0 Å². The smallest absolute Gasteiger partial charge is 0.143 e. The summed E-state index contributed by atoms with van der Waals surface area (Å²) in [6, 6.07) is 7.11. The van der Waals surface area contributed by atoms with E-state index >= 15 is 0 Å². The van der Waals surface area contributed by atoms with Crippen molar-refractivity contribution in [2.45, 2.75) is 50.2 Å². The molecule has 3 aromatic rings. The molecule has 8 heteroatoms. The largest absolute Gasteiger partial charge is 0.492 e. The van der Waals surface area contributed by atoms with E-state index in [1.165, 1.54) is 6.33 Å². The molecule has 1 aliphatic heterocycles. The number of aryl methyl sites for hydroxylation is 1. The van der Waals surface area contributed by atoms with Gasteiger partial charge in [0.15, 0.2) is 0 Å². The van der Waals surface area contributed by atoms with E-state index in [4.69, 9.17) is 15.2 Å². The van der Waals surface area contributed by atoms with E-state index in [1.54, 1.807) is 0 Å². The van der Waals surface area contributed by atoms with Gasteiger partial charge in [-0.05, 0) is 31.5 Å². The third-order valence-electron chi connectivity index (χ3n) is 5.95. The van der Waals surface area contributed by atoms with Gasteiger partial charge in [-0.25, -0.2) is 9.97 Å². The zero-order valence-corrected chi connectivity index (χ0v) is 16.1. The van der Waals surface area contributed by atoms with Crippen molar-refractivity contribution in [1.82, 2.24) is 14.5 Å². The number of ether oxygens (including phenoxy) is 2.